The van der Waals surface area contributed by atoms with Gasteiger partial charge >= 0.3 is 5.97 Å². The van der Waals surface area contributed by atoms with Crippen molar-refractivity contribution in [1.82, 2.24) is 9.88 Å². The minimum absolute atomic E-state index is 0.0529. The monoisotopic (exact) mass is 419 g/mol. The second kappa shape index (κ2) is 9.90. The van der Waals surface area contributed by atoms with Gasteiger partial charge in [-0.3, -0.25) is 14.4 Å². The number of ether oxygens (including phenoxy) is 1. The molecule has 0 bridgehead atoms. The fourth-order valence-electron chi connectivity index (χ4n) is 3.76. The third-order valence-electron chi connectivity index (χ3n) is 5.56. The zero-order chi connectivity index (χ0) is 22.4. The zero-order valence-corrected chi connectivity index (χ0v) is 17.7. The molecule has 0 atom stereocenters. The Balaban J connectivity index is 1.50. The second-order valence-corrected chi connectivity index (χ2v) is 7.52. The number of H-pyrrole nitrogens is 1. The van der Waals surface area contributed by atoms with Crippen molar-refractivity contribution in [2.24, 2.45) is 0 Å². The van der Waals surface area contributed by atoms with Gasteiger partial charge in [-0.1, -0.05) is 36.4 Å². The van der Waals surface area contributed by atoms with Gasteiger partial charge in [0.2, 0.25) is 0 Å². The minimum atomic E-state index is -0.491. The average molecular weight is 419 g/mol. The molecule has 2 aromatic rings. The Hall–Kier alpha value is -3.66. The molecule has 2 heterocycles. The number of pyridine rings is 1. The lowest BCUT2D eigenvalue weighted by molar-refractivity contribution is -0.151. The fraction of sp³-hybridized carbons (Fsp3) is 0.333. The maximum atomic E-state index is 12.4. The van der Waals surface area contributed by atoms with Crippen LogP contribution in [0, 0.1) is 25.2 Å². The van der Waals surface area contributed by atoms with Crippen LogP contribution in [0.4, 0.5) is 0 Å². The van der Waals surface area contributed by atoms with Crippen molar-refractivity contribution >= 4 is 17.4 Å². The third-order valence-corrected chi connectivity index (χ3v) is 5.56. The Bertz CT molecular complexity index is 1110. The van der Waals surface area contributed by atoms with Gasteiger partial charge in [0.1, 0.15) is 11.6 Å². The highest BCUT2D eigenvalue weighted by Crippen LogP contribution is 2.22. The van der Waals surface area contributed by atoms with E-state index in [1.165, 1.54) is 5.57 Å². The summed E-state index contributed by atoms with van der Waals surface area (Å²) in [5.74, 6) is -0.714. The summed E-state index contributed by atoms with van der Waals surface area (Å²) in [4.78, 5) is 40.6. The van der Waals surface area contributed by atoms with E-state index in [2.05, 4.69) is 17.1 Å². The number of carbonyl (C=O) groups is 2. The minimum Gasteiger partial charge on any atom is -0.456 e. The number of nitrogens with zero attached hydrogens (tertiary/aromatic N) is 2. The first-order valence-corrected chi connectivity index (χ1v) is 10.2. The molecule has 0 saturated carbocycles. The quantitative estimate of drug-likeness (QED) is 0.725. The van der Waals surface area contributed by atoms with E-state index in [-0.39, 0.29) is 24.5 Å². The van der Waals surface area contributed by atoms with Crippen LogP contribution in [0.1, 0.15) is 40.8 Å². The van der Waals surface area contributed by atoms with Gasteiger partial charge in [0.15, 0.2) is 6.61 Å². The summed E-state index contributed by atoms with van der Waals surface area (Å²) in [6.07, 6.45) is 3.18. The number of carbonyl (C=O) groups excluding carboxylic acids is 2. The van der Waals surface area contributed by atoms with Crippen LogP contribution in [0.3, 0.4) is 0 Å². The van der Waals surface area contributed by atoms with Gasteiger partial charge in [0, 0.05) is 25.2 Å². The van der Waals surface area contributed by atoms with Gasteiger partial charge < -0.3 is 14.6 Å². The highest BCUT2D eigenvalue weighted by atomic mass is 16.5. The van der Waals surface area contributed by atoms with Crippen LogP contribution in [-0.2, 0) is 20.7 Å². The normalized spacial score (nSPS) is 13.3. The van der Waals surface area contributed by atoms with E-state index < -0.39 is 11.5 Å². The van der Waals surface area contributed by atoms with E-state index in [0.717, 1.165) is 17.5 Å². The van der Waals surface area contributed by atoms with E-state index in [1.807, 2.05) is 30.3 Å². The number of hydrogen-bond donors (Lipinski definition) is 1. The number of nitrogens with one attached hydrogen (secondary N) is 1. The van der Waals surface area contributed by atoms with Crippen LogP contribution >= 0.6 is 0 Å². The van der Waals surface area contributed by atoms with Gasteiger partial charge in [-0.15, -0.1) is 0 Å². The molecule has 7 nitrogen and oxygen atoms in total. The first-order chi connectivity index (χ1) is 14.9. The van der Waals surface area contributed by atoms with Gasteiger partial charge in [-0.05, 0) is 49.0 Å². The Kier molecular flexibility index (Phi) is 7.03. The van der Waals surface area contributed by atoms with E-state index in [1.54, 1.807) is 18.7 Å². The number of esters is 1. The predicted molar refractivity (Wildman–Crippen MR) is 116 cm³/mol. The molecule has 1 aromatic carbocycles. The summed E-state index contributed by atoms with van der Waals surface area (Å²) in [6, 6.07) is 12.0. The number of aromatic nitrogens is 1. The molecule has 1 aliphatic rings. The molecule has 1 N–H and O–H groups in total. The smallest absolute Gasteiger partial charge is 0.306 e. The number of hydrogen-bond acceptors (Lipinski definition) is 5. The molecule has 0 radical (unpaired) electrons. The summed E-state index contributed by atoms with van der Waals surface area (Å²) in [5.41, 5.74) is 3.94. The molecule has 0 aliphatic carbocycles. The van der Waals surface area contributed by atoms with E-state index >= 15 is 0 Å². The predicted octanol–water partition coefficient (Wildman–Crippen LogP) is 2.66. The Morgan fingerprint density at radius 2 is 1.97 bits per heavy atom. The molecule has 1 aromatic heterocycles. The van der Waals surface area contributed by atoms with Crippen LogP contribution in [0.25, 0.3) is 5.57 Å². The standard InChI is InChI=1S/C24H25N3O4/c1-16-20(17(2)26-24(30)21(16)14-25)8-9-23(29)31-15-22(28)27-12-10-19(11-13-27)18-6-4-3-5-7-18/h3-7,10H,8-9,11-13,15H2,1-2H3,(H,26,30). The lowest BCUT2D eigenvalue weighted by Crippen LogP contribution is -2.37. The number of rotatable bonds is 6. The number of aryl methyl sites for hydroxylation is 1. The first-order valence-electron chi connectivity index (χ1n) is 10.2. The van der Waals surface area contributed by atoms with Gasteiger partial charge in [0.25, 0.3) is 11.5 Å². The van der Waals surface area contributed by atoms with Crippen molar-refractivity contribution in [3.63, 3.8) is 0 Å². The third kappa shape index (κ3) is 5.28. The lowest BCUT2D eigenvalue weighted by Gasteiger charge is -2.26. The molecule has 160 valence electrons. The maximum Gasteiger partial charge on any atom is 0.306 e. The zero-order valence-electron chi connectivity index (χ0n) is 17.7. The number of aromatic amines is 1. The summed E-state index contributed by atoms with van der Waals surface area (Å²) >= 11 is 0. The molecule has 0 unspecified atom stereocenters. The van der Waals surface area contributed by atoms with Crippen LogP contribution < -0.4 is 5.56 Å². The molecule has 7 heteroatoms. The summed E-state index contributed by atoms with van der Waals surface area (Å²) in [5, 5.41) is 9.13. The fourth-order valence-corrected chi connectivity index (χ4v) is 3.76. The summed E-state index contributed by atoms with van der Waals surface area (Å²) < 4.78 is 5.16. The molecule has 0 saturated heterocycles. The molecule has 3 rings (SSSR count). The van der Waals surface area contributed by atoms with Gasteiger partial charge in [0.05, 0.1) is 0 Å². The number of amides is 1. The van der Waals surface area contributed by atoms with Gasteiger partial charge in [-0.25, -0.2) is 0 Å². The molecule has 0 spiro atoms. The Morgan fingerprint density at radius 3 is 2.61 bits per heavy atom. The van der Waals surface area contributed by atoms with Crippen LogP contribution in [0.5, 0.6) is 0 Å². The molecule has 1 aliphatic heterocycles. The lowest BCUT2D eigenvalue weighted by atomic mass is 9.99. The molecule has 31 heavy (non-hydrogen) atoms. The highest BCUT2D eigenvalue weighted by Gasteiger charge is 2.20. The van der Waals surface area contributed by atoms with Gasteiger partial charge in [-0.2, -0.15) is 5.26 Å². The van der Waals surface area contributed by atoms with Crippen molar-refractivity contribution < 1.29 is 14.3 Å². The largest absolute Gasteiger partial charge is 0.456 e. The van der Waals surface area contributed by atoms with Crippen molar-refractivity contribution in [3.05, 3.63) is 74.7 Å². The summed E-state index contributed by atoms with van der Waals surface area (Å²) in [6.45, 7) is 4.21. The number of nitriles is 1. The maximum absolute atomic E-state index is 12.4. The summed E-state index contributed by atoms with van der Waals surface area (Å²) in [7, 11) is 0. The van der Waals surface area contributed by atoms with Crippen LogP contribution in [0.15, 0.2) is 41.2 Å². The van der Waals surface area contributed by atoms with E-state index in [4.69, 9.17) is 10.00 Å². The number of benzene rings is 1. The topological polar surface area (TPSA) is 103 Å². The molecular formula is C24H25N3O4. The average Bonchev–Trinajstić information content (AvgIpc) is 2.78. The van der Waals surface area contributed by atoms with Crippen molar-refractivity contribution in [2.75, 3.05) is 19.7 Å². The molecular weight excluding hydrogens is 394 g/mol. The Labute approximate surface area is 181 Å². The Morgan fingerprint density at radius 1 is 1.23 bits per heavy atom. The highest BCUT2D eigenvalue weighted by molar-refractivity contribution is 5.82. The van der Waals surface area contributed by atoms with Crippen molar-refractivity contribution in [2.45, 2.75) is 33.1 Å². The van der Waals surface area contributed by atoms with Crippen molar-refractivity contribution in [3.8, 4) is 6.07 Å². The first kappa shape index (κ1) is 22.0. The van der Waals surface area contributed by atoms with E-state index in [9.17, 15) is 14.4 Å². The molecule has 0 fully saturated rings. The van der Waals surface area contributed by atoms with Crippen LogP contribution in [-0.4, -0.2) is 41.5 Å². The second-order valence-electron chi connectivity index (χ2n) is 7.52. The van der Waals surface area contributed by atoms with Crippen LogP contribution in [0.2, 0.25) is 0 Å². The van der Waals surface area contributed by atoms with E-state index in [0.29, 0.717) is 30.8 Å². The van der Waals surface area contributed by atoms with Crippen molar-refractivity contribution in [1.29, 1.82) is 5.26 Å². The molecule has 1 amide bonds. The SMILES string of the molecule is Cc1[nH]c(=O)c(C#N)c(C)c1CCC(=O)OCC(=O)N1CC=C(c2ccccc2)CC1.